The molecule has 1 aromatic rings. The van der Waals surface area contributed by atoms with Crippen LogP contribution in [0.15, 0.2) is 6.07 Å². The monoisotopic (exact) mass is 267 g/mol. The molecule has 1 aliphatic rings. The summed E-state index contributed by atoms with van der Waals surface area (Å²) < 4.78 is 0. The van der Waals surface area contributed by atoms with Gasteiger partial charge in [-0.25, -0.2) is 9.97 Å². The Morgan fingerprint density at radius 3 is 2.89 bits per heavy atom. The quantitative estimate of drug-likeness (QED) is 0.776. The molecule has 0 saturated carbocycles. The highest BCUT2D eigenvalue weighted by atomic mass is 35.5. The van der Waals surface area contributed by atoms with Crippen LogP contribution in [-0.2, 0) is 6.42 Å². The predicted molar refractivity (Wildman–Crippen MR) is 76.3 cm³/mol. The summed E-state index contributed by atoms with van der Waals surface area (Å²) >= 11 is 6.09. The largest absolute Gasteiger partial charge is 0.353 e. The molecule has 3 nitrogen and oxygen atoms in total. The van der Waals surface area contributed by atoms with Gasteiger partial charge < -0.3 is 4.90 Å². The average molecular weight is 268 g/mol. The first-order chi connectivity index (χ1) is 8.74. The second kappa shape index (κ2) is 6.37. The molecule has 1 unspecified atom stereocenters. The van der Waals surface area contributed by atoms with Crippen molar-refractivity contribution in [3.8, 4) is 0 Å². The van der Waals surface area contributed by atoms with Crippen LogP contribution in [0.5, 0.6) is 0 Å². The number of aromatic nitrogens is 2. The van der Waals surface area contributed by atoms with Crippen molar-refractivity contribution in [2.45, 2.75) is 58.4 Å². The Labute approximate surface area is 115 Å². The van der Waals surface area contributed by atoms with Crippen LogP contribution in [0.1, 0.15) is 51.8 Å². The standard InChI is InChI=1S/C14H22ClN3/c1-3-7-11-8-5-6-9-18(11)14-10-12(15)16-13(4-2)17-14/h10-11H,3-9H2,1-2H3. The number of anilines is 1. The summed E-state index contributed by atoms with van der Waals surface area (Å²) in [6, 6.07) is 2.54. The zero-order chi connectivity index (χ0) is 13.0. The third-order valence-corrected chi connectivity index (χ3v) is 3.78. The molecule has 1 atom stereocenters. The minimum atomic E-state index is 0.567. The van der Waals surface area contributed by atoms with Crippen LogP contribution < -0.4 is 4.90 Å². The van der Waals surface area contributed by atoms with Crippen molar-refractivity contribution in [3.63, 3.8) is 0 Å². The number of nitrogens with zero attached hydrogens (tertiary/aromatic N) is 3. The molecule has 0 radical (unpaired) electrons. The average Bonchev–Trinajstić information content (AvgIpc) is 2.39. The number of hydrogen-bond acceptors (Lipinski definition) is 3. The molecule has 0 bridgehead atoms. The lowest BCUT2D eigenvalue weighted by Crippen LogP contribution is -2.40. The van der Waals surface area contributed by atoms with Crippen LogP contribution in [0.2, 0.25) is 5.15 Å². The Balaban J connectivity index is 2.24. The van der Waals surface area contributed by atoms with Crippen molar-refractivity contribution >= 4 is 17.4 Å². The van der Waals surface area contributed by atoms with Gasteiger partial charge in [0.15, 0.2) is 0 Å². The molecule has 18 heavy (non-hydrogen) atoms. The van der Waals surface area contributed by atoms with E-state index in [1.807, 2.05) is 6.07 Å². The lowest BCUT2D eigenvalue weighted by Gasteiger charge is -2.36. The summed E-state index contributed by atoms with van der Waals surface area (Å²) in [6.07, 6.45) is 7.16. The first-order valence-corrected chi connectivity index (χ1v) is 7.42. The second-order valence-corrected chi connectivity index (χ2v) is 5.34. The van der Waals surface area contributed by atoms with Crippen molar-refractivity contribution in [1.29, 1.82) is 0 Å². The second-order valence-electron chi connectivity index (χ2n) is 4.95. The summed E-state index contributed by atoms with van der Waals surface area (Å²) in [4.78, 5) is 11.3. The molecule has 100 valence electrons. The highest BCUT2D eigenvalue weighted by Gasteiger charge is 2.23. The molecule has 2 rings (SSSR count). The molecule has 2 heterocycles. The van der Waals surface area contributed by atoms with Gasteiger partial charge in [0.2, 0.25) is 0 Å². The highest BCUT2D eigenvalue weighted by Crippen LogP contribution is 2.27. The van der Waals surface area contributed by atoms with Gasteiger partial charge in [0.25, 0.3) is 0 Å². The Kier molecular flexibility index (Phi) is 4.81. The Bertz CT molecular complexity index is 393. The molecule has 0 N–H and O–H groups in total. The number of rotatable bonds is 4. The van der Waals surface area contributed by atoms with Crippen molar-refractivity contribution in [3.05, 3.63) is 17.0 Å². The fourth-order valence-corrected chi connectivity index (χ4v) is 2.89. The minimum Gasteiger partial charge on any atom is -0.353 e. The van der Waals surface area contributed by atoms with Crippen LogP contribution in [0, 0.1) is 0 Å². The molecule has 0 aromatic carbocycles. The number of hydrogen-bond donors (Lipinski definition) is 0. The summed E-state index contributed by atoms with van der Waals surface area (Å²) in [5.41, 5.74) is 0. The Morgan fingerprint density at radius 2 is 2.17 bits per heavy atom. The van der Waals surface area contributed by atoms with E-state index in [1.165, 1.54) is 32.1 Å². The normalized spacial score (nSPS) is 20.2. The van der Waals surface area contributed by atoms with Gasteiger partial charge in [0.05, 0.1) is 0 Å². The van der Waals surface area contributed by atoms with Gasteiger partial charge >= 0.3 is 0 Å². The first-order valence-electron chi connectivity index (χ1n) is 7.04. The van der Waals surface area contributed by atoms with Gasteiger partial charge in [-0.3, -0.25) is 0 Å². The Hall–Kier alpha value is -0.830. The zero-order valence-electron chi connectivity index (χ0n) is 11.3. The first kappa shape index (κ1) is 13.6. The zero-order valence-corrected chi connectivity index (χ0v) is 12.1. The predicted octanol–water partition coefficient (Wildman–Crippen LogP) is 3.85. The lowest BCUT2D eigenvalue weighted by molar-refractivity contribution is 0.431. The van der Waals surface area contributed by atoms with Gasteiger partial charge in [0, 0.05) is 25.1 Å². The van der Waals surface area contributed by atoms with Crippen LogP contribution >= 0.6 is 11.6 Å². The molecule has 4 heteroatoms. The summed E-state index contributed by atoms with van der Waals surface area (Å²) in [6.45, 7) is 5.41. The van der Waals surface area contributed by atoms with Crippen LogP contribution in [0.3, 0.4) is 0 Å². The summed E-state index contributed by atoms with van der Waals surface area (Å²) in [5, 5.41) is 0.567. The maximum absolute atomic E-state index is 6.09. The molecule has 0 aliphatic carbocycles. The molecular weight excluding hydrogens is 246 g/mol. The molecule has 0 amide bonds. The molecule has 1 saturated heterocycles. The fourth-order valence-electron chi connectivity index (χ4n) is 2.69. The Morgan fingerprint density at radius 1 is 1.33 bits per heavy atom. The van der Waals surface area contributed by atoms with Gasteiger partial charge in [-0.2, -0.15) is 0 Å². The number of piperidine rings is 1. The summed E-state index contributed by atoms with van der Waals surface area (Å²) in [7, 11) is 0. The van der Waals surface area contributed by atoms with E-state index < -0.39 is 0 Å². The highest BCUT2D eigenvalue weighted by molar-refractivity contribution is 6.29. The topological polar surface area (TPSA) is 29.0 Å². The van der Waals surface area contributed by atoms with Crippen molar-refractivity contribution in [1.82, 2.24) is 9.97 Å². The van der Waals surface area contributed by atoms with E-state index in [-0.39, 0.29) is 0 Å². The minimum absolute atomic E-state index is 0.567. The van der Waals surface area contributed by atoms with Crippen molar-refractivity contribution < 1.29 is 0 Å². The molecule has 1 fully saturated rings. The molecule has 1 aromatic heterocycles. The molecular formula is C14H22ClN3. The molecule has 1 aliphatic heterocycles. The third kappa shape index (κ3) is 3.14. The van der Waals surface area contributed by atoms with Crippen molar-refractivity contribution in [2.24, 2.45) is 0 Å². The fraction of sp³-hybridized carbons (Fsp3) is 0.714. The van der Waals surface area contributed by atoms with Crippen LogP contribution in [0.4, 0.5) is 5.82 Å². The van der Waals surface area contributed by atoms with Gasteiger partial charge in [0.1, 0.15) is 16.8 Å². The van der Waals surface area contributed by atoms with Gasteiger partial charge in [-0.1, -0.05) is 31.9 Å². The van der Waals surface area contributed by atoms with E-state index in [4.69, 9.17) is 11.6 Å². The van der Waals surface area contributed by atoms with E-state index >= 15 is 0 Å². The smallest absolute Gasteiger partial charge is 0.134 e. The van der Waals surface area contributed by atoms with E-state index in [0.717, 1.165) is 24.6 Å². The lowest BCUT2D eigenvalue weighted by atomic mass is 9.98. The van der Waals surface area contributed by atoms with Gasteiger partial charge in [-0.05, 0) is 25.7 Å². The van der Waals surface area contributed by atoms with Crippen molar-refractivity contribution in [2.75, 3.05) is 11.4 Å². The number of halogens is 1. The van der Waals surface area contributed by atoms with E-state index in [1.54, 1.807) is 0 Å². The number of aryl methyl sites for hydroxylation is 1. The maximum Gasteiger partial charge on any atom is 0.134 e. The SMILES string of the molecule is CCCC1CCCCN1c1cc(Cl)nc(CC)n1. The maximum atomic E-state index is 6.09. The molecule has 0 spiro atoms. The van der Waals surface area contributed by atoms with E-state index in [9.17, 15) is 0 Å². The van der Waals surface area contributed by atoms with E-state index in [0.29, 0.717) is 11.2 Å². The van der Waals surface area contributed by atoms with E-state index in [2.05, 4.69) is 28.7 Å². The van der Waals surface area contributed by atoms with Crippen LogP contribution in [-0.4, -0.2) is 22.6 Å². The summed E-state index contributed by atoms with van der Waals surface area (Å²) in [5.74, 6) is 1.86. The van der Waals surface area contributed by atoms with Gasteiger partial charge in [-0.15, -0.1) is 0 Å². The van der Waals surface area contributed by atoms with Crippen LogP contribution in [0.25, 0.3) is 0 Å². The third-order valence-electron chi connectivity index (χ3n) is 3.59.